The van der Waals surface area contributed by atoms with Gasteiger partial charge in [0.15, 0.2) is 0 Å². The maximum atomic E-state index is 11.6. The maximum absolute atomic E-state index is 11.6. The molecule has 0 fully saturated rings. The van der Waals surface area contributed by atoms with E-state index >= 15 is 0 Å². The summed E-state index contributed by atoms with van der Waals surface area (Å²) in [6.45, 7) is 3.34. The van der Waals surface area contributed by atoms with E-state index in [4.69, 9.17) is 23.2 Å². The fraction of sp³-hybridized carbons (Fsp3) is 0.0588. The monoisotopic (exact) mass is 840 g/mol. The van der Waals surface area contributed by atoms with E-state index in [1.807, 2.05) is 24.3 Å². The van der Waals surface area contributed by atoms with Crippen molar-refractivity contribution in [1.29, 1.82) is 0 Å². The third kappa shape index (κ3) is 9.50. The molecule has 17 heteroatoms. The zero-order chi connectivity index (χ0) is 36.4. The molecule has 0 saturated heterocycles. The van der Waals surface area contributed by atoms with Crippen molar-refractivity contribution in [3.8, 4) is 11.5 Å². The van der Waals surface area contributed by atoms with Crippen molar-refractivity contribution >= 4 is 133 Å². The first kappa shape index (κ1) is 40.3. The molecule has 0 aliphatic heterocycles. The number of phenolic OH excluding ortho intramolecular Hbond substituents is 2. The van der Waals surface area contributed by atoms with Crippen molar-refractivity contribution < 1.29 is 36.2 Å². The Hall–Kier alpha value is -3.48. The predicted molar refractivity (Wildman–Crippen MR) is 197 cm³/mol. The van der Waals surface area contributed by atoms with Gasteiger partial charge in [-0.25, -0.2) is 0 Å². The topological polar surface area (TPSA) is 199 Å². The van der Waals surface area contributed by atoms with Crippen LogP contribution in [0.5, 0.6) is 11.5 Å². The summed E-state index contributed by atoms with van der Waals surface area (Å²) in [6, 6.07) is 26.0. The summed E-state index contributed by atoms with van der Waals surface area (Å²) in [5.41, 5.74) is 1.41. The van der Waals surface area contributed by atoms with Gasteiger partial charge in [0.1, 0.15) is 44.0 Å². The Labute approximate surface area is 339 Å². The van der Waals surface area contributed by atoms with Gasteiger partial charge in [-0.15, -0.1) is 20.5 Å². The Morgan fingerprint density at radius 3 is 1.24 bits per heavy atom. The zero-order valence-electron chi connectivity index (χ0n) is 26.7. The number of halogens is 2. The number of phenols is 2. The number of rotatable bonds is 6. The fourth-order valence-electron chi connectivity index (χ4n) is 4.77. The number of nitrogens with zero attached hydrogens (tertiary/aromatic N) is 4. The quantitative estimate of drug-likeness (QED) is 0.0721. The minimum Gasteiger partial charge on any atom is -0.506 e. The van der Waals surface area contributed by atoms with E-state index in [-0.39, 0.29) is 89.8 Å². The molecule has 0 saturated carbocycles. The molecule has 0 aromatic heterocycles. The molecule has 4 N–H and O–H groups in total. The molecule has 0 amide bonds. The first-order valence-corrected chi connectivity index (χ1v) is 18.0. The average molecular weight is 841 g/mol. The van der Waals surface area contributed by atoms with Crippen LogP contribution in [0.2, 0.25) is 10.0 Å². The molecule has 51 heavy (non-hydrogen) atoms. The van der Waals surface area contributed by atoms with Crippen LogP contribution in [0.4, 0.5) is 22.7 Å². The Kier molecular flexibility index (Phi) is 13.0. The maximum Gasteiger partial charge on any atom is 2.00 e. The van der Waals surface area contributed by atoms with Crippen molar-refractivity contribution in [2.45, 2.75) is 23.6 Å². The standard InChI is InChI=1S/2C17H13ClN2O4S.Sr/c2*1-10-8-14(16(9-13(10)18)25(22,23)24)19-20-17-12-5-3-2-4-11(12)6-7-15(17)21;/h2*2-9,21H,1H3,(H,22,23,24);/q;;+2. The molecule has 0 heterocycles. The number of aromatic hydroxyl groups is 2. The van der Waals surface area contributed by atoms with Crippen LogP contribution in [0.25, 0.3) is 21.5 Å². The van der Waals surface area contributed by atoms with Crippen LogP contribution in [-0.4, -0.2) is 81.6 Å². The number of hydrogen-bond donors (Lipinski definition) is 4. The third-order valence-electron chi connectivity index (χ3n) is 7.31. The molecule has 256 valence electrons. The molecular weight excluding hydrogens is 815 g/mol. The van der Waals surface area contributed by atoms with Crippen molar-refractivity contribution in [1.82, 2.24) is 0 Å². The summed E-state index contributed by atoms with van der Waals surface area (Å²) in [5.74, 6) is -0.192. The summed E-state index contributed by atoms with van der Waals surface area (Å²) in [4.78, 5) is -0.904. The van der Waals surface area contributed by atoms with Gasteiger partial charge in [0, 0.05) is 20.8 Å². The van der Waals surface area contributed by atoms with Gasteiger partial charge < -0.3 is 10.2 Å². The van der Waals surface area contributed by atoms with Gasteiger partial charge in [-0.3, -0.25) is 9.11 Å². The zero-order valence-corrected chi connectivity index (χ0v) is 33.3. The smallest absolute Gasteiger partial charge is 0.506 e. The average Bonchev–Trinajstić information content (AvgIpc) is 3.06. The van der Waals surface area contributed by atoms with Gasteiger partial charge in [0.2, 0.25) is 0 Å². The van der Waals surface area contributed by atoms with Crippen LogP contribution in [0.1, 0.15) is 11.1 Å². The Bertz CT molecular complexity index is 2410. The second kappa shape index (κ2) is 16.5. The Balaban J connectivity index is 0.000000224. The minimum atomic E-state index is -4.53. The van der Waals surface area contributed by atoms with Gasteiger partial charge in [-0.1, -0.05) is 83.9 Å². The second-order valence-electron chi connectivity index (χ2n) is 10.8. The molecule has 0 bridgehead atoms. The molecule has 0 spiro atoms. The molecule has 12 nitrogen and oxygen atoms in total. The van der Waals surface area contributed by atoms with Gasteiger partial charge in [-0.05, 0) is 72.1 Å². The van der Waals surface area contributed by atoms with Crippen molar-refractivity contribution in [3.05, 3.63) is 118 Å². The van der Waals surface area contributed by atoms with Crippen LogP contribution < -0.4 is 0 Å². The van der Waals surface area contributed by atoms with Crippen LogP contribution in [0.3, 0.4) is 0 Å². The molecular formula is C34H26Cl2N4O8S2Sr+2. The van der Waals surface area contributed by atoms with Crippen molar-refractivity contribution in [2.75, 3.05) is 0 Å². The van der Waals surface area contributed by atoms with Crippen molar-refractivity contribution in [3.63, 3.8) is 0 Å². The summed E-state index contributed by atoms with van der Waals surface area (Å²) in [5, 5.41) is 39.4. The van der Waals surface area contributed by atoms with E-state index in [2.05, 4.69) is 20.5 Å². The molecule has 0 radical (unpaired) electrons. The van der Waals surface area contributed by atoms with Crippen LogP contribution in [0, 0.1) is 13.8 Å². The van der Waals surface area contributed by atoms with E-state index < -0.39 is 30.0 Å². The second-order valence-corrected chi connectivity index (χ2v) is 14.4. The summed E-state index contributed by atoms with van der Waals surface area (Å²) >= 11 is 11.8. The van der Waals surface area contributed by atoms with E-state index in [1.54, 1.807) is 50.2 Å². The number of benzene rings is 6. The number of azo groups is 2. The molecule has 0 aliphatic rings. The Morgan fingerprint density at radius 2 is 0.882 bits per heavy atom. The minimum absolute atomic E-state index is 0. The largest absolute Gasteiger partial charge is 2.00 e. The predicted octanol–water partition coefficient (Wildman–Crippen LogP) is 9.96. The summed E-state index contributed by atoms with van der Waals surface area (Å²) < 4.78 is 65.0. The first-order chi connectivity index (χ1) is 23.5. The van der Waals surface area contributed by atoms with Crippen LogP contribution in [0.15, 0.2) is 127 Å². The van der Waals surface area contributed by atoms with Crippen LogP contribution >= 0.6 is 23.2 Å². The fourth-order valence-corrected chi connectivity index (χ4v) is 6.49. The van der Waals surface area contributed by atoms with Crippen molar-refractivity contribution in [2.24, 2.45) is 20.5 Å². The van der Waals surface area contributed by atoms with Gasteiger partial charge in [-0.2, -0.15) is 16.8 Å². The van der Waals surface area contributed by atoms with E-state index in [0.29, 0.717) is 21.9 Å². The van der Waals surface area contributed by atoms with E-state index in [0.717, 1.165) is 22.9 Å². The third-order valence-corrected chi connectivity index (χ3v) is 9.89. The molecule has 6 aromatic rings. The summed E-state index contributed by atoms with van der Waals surface area (Å²) in [7, 11) is -9.06. The molecule has 0 aliphatic carbocycles. The van der Waals surface area contributed by atoms with E-state index in [1.165, 1.54) is 24.3 Å². The SMILES string of the molecule is Cc1cc(N=Nc2c(O)ccc3ccccc23)c(S(=O)(=O)O)cc1Cl.Cc1cc(N=Nc2c(O)ccc3ccccc23)c(S(=O)(=O)O)cc1Cl.[Sr+2]. The normalized spacial score (nSPS) is 11.9. The number of fused-ring (bicyclic) bond motifs is 2. The molecule has 6 rings (SSSR count). The van der Waals surface area contributed by atoms with Crippen LogP contribution in [-0.2, 0) is 20.2 Å². The molecule has 6 aromatic carbocycles. The number of hydrogen-bond acceptors (Lipinski definition) is 10. The van der Waals surface area contributed by atoms with Gasteiger partial charge in [0.25, 0.3) is 20.2 Å². The van der Waals surface area contributed by atoms with Gasteiger partial charge in [0.05, 0.1) is 0 Å². The molecule has 0 unspecified atom stereocenters. The number of aryl methyl sites for hydroxylation is 2. The van der Waals surface area contributed by atoms with Gasteiger partial charge >= 0.3 is 45.5 Å². The van der Waals surface area contributed by atoms with E-state index in [9.17, 15) is 36.2 Å². The Morgan fingerprint density at radius 1 is 0.529 bits per heavy atom. The first-order valence-electron chi connectivity index (χ1n) is 14.3. The summed E-state index contributed by atoms with van der Waals surface area (Å²) in [6.07, 6.45) is 0. The molecule has 0 atom stereocenters.